The SMILES string of the molecule is CCCCOC(=O)C(CC(C)c1ccccc1)CC(ON1C(C)(CC)CC(=O)C(C)C1(C)CC)c1ccncc1.CCCCOC(=O)C(CC(CC(ON1C(C)(CC)CC(=O)C(C)C1(C)CC)c1ccncc1)C(=O)OCCOC)CC(C)c1ccccc1.COCCO. The predicted octanol–water partition coefficient (Wildman–Crippen LogP) is 15.5. The fourth-order valence-corrected chi connectivity index (χ4v) is 13.0. The van der Waals surface area contributed by atoms with Crippen molar-refractivity contribution in [1.29, 1.82) is 0 Å². The third kappa shape index (κ3) is 22.9. The molecular weight excluding hydrogens is 1190 g/mol. The van der Waals surface area contributed by atoms with E-state index in [0.717, 1.165) is 55.2 Å². The number of esters is 3. The van der Waals surface area contributed by atoms with Crippen LogP contribution < -0.4 is 0 Å². The van der Waals surface area contributed by atoms with Gasteiger partial charge in [-0.25, -0.2) is 0 Å². The minimum Gasteiger partial charge on any atom is -0.465 e. The van der Waals surface area contributed by atoms with Gasteiger partial charge in [-0.2, -0.15) is 10.1 Å². The van der Waals surface area contributed by atoms with Crippen LogP contribution in [-0.2, 0) is 57.3 Å². The lowest BCUT2D eigenvalue weighted by Gasteiger charge is -2.56. The molecule has 2 aliphatic heterocycles. The summed E-state index contributed by atoms with van der Waals surface area (Å²) in [5, 5.41) is 12.1. The number of pyridine rings is 2. The number of methoxy groups -OCH3 is 2. The van der Waals surface area contributed by atoms with Crippen molar-refractivity contribution in [2.75, 3.05) is 53.9 Å². The summed E-state index contributed by atoms with van der Waals surface area (Å²) in [6, 6.07) is 28.2. The molecule has 0 amide bonds. The molecule has 13 unspecified atom stereocenters. The lowest BCUT2D eigenvalue weighted by atomic mass is 9.70. The molecule has 2 aliphatic rings. The van der Waals surface area contributed by atoms with Gasteiger partial charge in [-0.1, -0.05) is 143 Å². The first-order chi connectivity index (χ1) is 44.9. The van der Waals surface area contributed by atoms with Gasteiger partial charge in [0.1, 0.15) is 30.4 Å². The van der Waals surface area contributed by atoms with E-state index in [0.29, 0.717) is 64.8 Å². The summed E-state index contributed by atoms with van der Waals surface area (Å²) in [5.74, 6) is -2.12. The average Bonchev–Trinajstić information content (AvgIpc) is 0.750. The van der Waals surface area contributed by atoms with Crippen molar-refractivity contribution in [3.63, 3.8) is 0 Å². The Bertz CT molecular complexity index is 2820. The number of rotatable bonds is 36. The van der Waals surface area contributed by atoms with Gasteiger partial charge in [0.05, 0.1) is 72.9 Å². The first-order valence-electron chi connectivity index (χ1n) is 34.9. The molecule has 0 aliphatic carbocycles. The van der Waals surface area contributed by atoms with Crippen LogP contribution >= 0.6 is 0 Å². The molecule has 0 radical (unpaired) electrons. The molecule has 2 aromatic carbocycles. The molecule has 0 bridgehead atoms. The zero-order valence-corrected chi connectivity index (χ0v) is 60.1. The van der Waals surface area contributed by atoms with E-state index in [9.17, 15) is 24.0 Å². The third-order valence-electron chi connectivity index (χ3n) is 20.3. The lowest BCUT2D eigenvalue weighted by molar-refractivity contribution is -0.320. The number of carbonyl (C=O) groups excluding carboxylic acids is 5. The monoisotopic (exact) mass is 1310 g/mol. The number of Topliss-reactive ketones (excluding diaryl/α,β-unsaturated/α-hetero) is 2. The second kappa shape index (κ2) is 40.7. The molecule has 2 aromatic heterocycles. The van der Waals surface area contributed by atoms with E-state index in [1.54, 1.807) is 39.0 Å². The quantitative estimate of drug-likeness (QED) is 0.0256. The number of ether oxygens (including phenoxy) is 5. The number of aliphatic hydroxyl groups is 1. The molecule has 6 rings (SSSR count). The minimum absolute atomic E-state index is 0.0604. The highest BCUT2D eigenvalue weighted by molar-refractivity contribution is 5.85. The summed E-state index contributed by atoms with van der Waals surface area (Å²) in [5.41, 5.74) is 2.10. The maximum atomic E-state index is 14.0. The van der Waals surface area contributed by atoms with E-state index in [1.165, 1.54) is 5.56 Å². The van der Waals surface area contributed by atoms with Gasteiger partial charge in [-0.3, -0.25) is 43.6 Å². The second-order valence-electron chi connectivity index (χ2n) is 27.0. The van der Waals surface area contributed by atoms with Crippen LogP contribution in [0.25, 0.3) is 0 Å². The van der Waals surface area contributed by atoms with Crippen LogP contribution in [0, 0.1) is 29.6 Å². The molecule has 17 heteroatoms. The van der Waals surface area contributed by atoms with Gasteiger partial charge in [0, 0.05) is 63.7 Å². The highest BCUT2D eigenvalue weighted by Gasteiger charge is 2.56. The van der Waals surface area contributed by atoms with Crippen LogP contribution in [0.2, 0.25) is 0 Å². The van der Waals surface area contributed by atoms with Crippen molar-refractivity contribution in [1.82, 2.24) is 20.1 Å². The summed E-state index contributed by atoms with van der Waals surface area (Å²) >= 11 is 0. The number of hydrogen-bond acceptors (Lipinski definition) is 17. The van der Waals surface area contributed by atoms with Gasteiger partial charge in [0.2, 0.25) is 0 Å². The molecule has 0 saturated carbocycles. The number of benzene rings is 2. The highest BCUT2D eigenvalue weighted by atomic mass is 16.7. The van der Waals surface area contributed by atoms with Gasteiger partial charge in [0.15, 0.2) is 0 Å². The number of nitrogens with zero attached hydrogens (tertiary/aromatic N) is 4. The van der Waals surface area contributed by atoms with Crippen molar-refractivity contribution >= 4 is 29.5 Å². The zero-order chi connectivity index (χ0) is 69.5. The Morgan fingerprint density at radius 3 is 1.16 bits per heavy atom. The highest BCUT2D eigenvalue weighted by Crippen LogP contribution is 2.49. The largest absolute Gasteiger partial charge is 0.465 e. The molecule has 4 heterocycles. The summed E-state index contributed by atoms with van der Waals surface area (Å²) < 4.78 is 26.9. The Balaban J connectivity index is 0.000000379. The normalized spacial score (nSPS) is 23.8. The zero-order valence-electron chi connectivity index (χ0n) is 60.1. The molecule has 17 nitrogen and oxygen atoms in total. The Kier molecular flexibility index (Phi) is 34.9. The number of carbonyl (C=O) groups is 5. The van der Waals surface area contributed by atoms with Gasteiger partial charge in [-0.15, -0.1) is 0 Å². The third-order valence-corrected chi connectivity index (χ3v) is 20.3. The van der Waals surface area contributed by atoms with Crippen molar-refractivity contribution < 1.29 is 62.4 Å². The molecule has 0 spiro atoms. The molecule has 94 heavy (non-hydrogen) atoms. The Labute approximate surface area is 564 Å². The Morgan fingerprint density at radius 2 is 0.840 bits per heavy atom. The molecule has 1 N–H and O–H groups in total. The van der Waals surface area contributed by atoms with Gasteiger partial charge in [-0.05, 0) is 157 Å². The standard InChI is InChI=1S/C40H60N2O7.C34H50N2O4.C3H8O2/c1-9-12-22-47-37(44)33(25-29(4)31-16-14-13-15-17-31)26-34(38(45)48-24-23-46-8)27-36(32-18-20-41-21-19-32)49-42-39(6,10-2)28-35(43)30(5)40(42,7)11-3;1-8-11-21-39-32(38)29(22-25(4)27-15-13-12-14-16-27)23-31(28-17-19-35-20-18-28)40-36-33(6,9-2)24-30(37)26(5)34(36,7)10-3;1-5-3-2-4/h13-21,29-30,33-34,36H,9-12,22-28H2,1-8H3;12-20,25-26,29,31H,8-11,21-24H2,1-7H3;4H,2-3H2,1H3. The second-order valence-corrected chi connectivity index (χ2v) is 27.0. The topological polar surface area (TPSA) is 202 Å². The number of hydroxylamine groups is 4. The van der Waals surface area contributed by atoms with Crippen molar-refractivity contribution in [2.24, 2.45) is 29.6 Å². The molecule has 2 fully saturated rings. The van der Waals surface area contributed by atoms with Crippen LogP contribution in [0.4, 0.5) is 0 Å². The summed E-state index contributed by atoms with van der Waals surface area (Å²) in [4.78, 5) is 90.3. The summed E-state index contributed by atoms with van der Waals surface area (Å²) in [6.07, 6.45) is 15.4. The number of unbranched alkanes of at least 4 members (excludes halogenated alkanes) is 2. The smallest absolute Gasteiger partial charge is 0.309 e. The van der Waals surface area contributed by atoms with Gasteiger partial charge >= 0.3 is 17.9 Å². The van der Waals surface area contributed by atoms with E-state index in [2.05, 4.69) is 132 Å². The van der Waals surface area contributed by atoms with Crippen LogP contribution in [0.5, 0.6) is 0 Å². The fourth-order valence-electron chi connectivity index (χ4n) is 13.0. The molecule has 4 aromatic rings. The lowest BCUT2D eigenvalue weighted by Crippen LogP contribution is -2.66. The number of piperidine rings is 2. The van der Waals surface area contributed by atoms with Crippen molar-refractivity contribution in [3.8, 4) is 0 Å². The van der Waals surface area contributed by atoms with Crippen LogP contribution in [0.1, 0.15) is 240 Å². The number of ketones is 2. The van der Waals surface area contributed by atoms with Crippen LogP contribution in [0.3, 0.4) is 0 Å². The summed E-state index contributed by atoms with van der Waals surface area (Å²) in [6.45, 7) is 31.0. The number of hydrogen-bond donors (Lipinski definition) is 1. The Morgan fingerprint density at radius 1 is 0.489 bits per heavy atom. The average molecular weight is 1310 g/mol. The first kappa shape index (κ1) is 80.6. The van der Waals surface area contributed by atoms with E-state index >= 15 is 0 Å². The number of aromatic nitrogens is 2. The predicted molar refractivity (Wildman–Crippen MR) is 369 cm³/mol. The van der Waals surface area contributed by atoms with E-state index in [-0.39, 0.29) is 85.8 Å². The number of aliphatic hydroxyl groups excluding tert-OH is 1. The Hall–Kier alpha value is -5.79. The van der Waals surface area contributed by atoms with E-state index in [1.807, 2.05) is 74.5 Å². The van der Waals surface area contributed by atoms with Crippen LogP contribution in [-0.4, -0.2) is 131 Å². The minimum atomic E-state index is -0.689. The molecule has 2 saturated heterocycles. The van der Waals surface area contributed by atoms with Crippen molar-refractivity contribution in [2.45, 2.75) is 239 Å². The van der Waals surface area contributed by atoms with Gasteiger partial charge in [0.25, 0.3) is 0 Å². The molecular formula is C77H118N4O13. The van der Waals surface area contributed by atoms with E-state index < -0.39 is 52.2 Å². The summed E-state index contributed by atoms with van der Waals surface area (Å²) in [7, 11) is 3.11. The first-order valence-corrected chi connectivity index (χ1v) is 34.9. The maximum Gasteiger partial charge on any atom is 0.309 e. The van der Waals surface area contributed by atoms with Crippen molar-refractivity contribution in [3.05, 3.63) is 132 Å². The molecule has 13 atom stereocenters. The van der Waals surface area contributed by atoms with Crippen LogP contribution in [0.15, 0.2) is 110 Å². The van der Waals surface area contributed by atoms with E-state index in [4.69, 9.17) is 33.7 Å². The maximum absolute atomic E-state index is 14.0. The van der Waals surface area contributed by atoms with Gasteiger partial charge < -0.3 is 28.8 Å². The fraction of sp³-hybridized carbons (Fsp3) is 0.649. The molecule has 524 valence electrons.